The summed E-state index contributed by atoms with van der Waals surface area (Å²) in [6, 6.07) is 4.12. The number of fused-ring (bicyclic) bond motifs is 1. The van der Waals surface area contributed by atoms with Crippen LogP contribution in [0.1, 0.15) is 12.5 Å². The van der Waals surface area contributed by atoms with Crippen molar-refractivity contribution in [1.82, 2.24) is 15.0 Å². The molecule has 25 heavy (non-hydrogen) atoms. The van der Waals surface area contributed by atoms with E-state index < -0.39 is 17.7 Å². The fraction of sp³-hybridized carbons (Fsp3) is 0.267. The van der Waals surface area contributed by atoms with Crippen molar-refractivity contribution in [1.29, 1.82) is 0 Å². The first-order valence-electron chi connectivity index (χ1n) is 7.04. The van der Waals surface area contributed by atoms with Crippen molar-refractivity contribution in [3.8, 4) is 11.6 Å². The lowest BCUT2D eigenvalue weighted by molar-refractivity contribution is -0.289. The molecular formula is C15H10F5N3OS. The van der Waals surface area contributed by atoms with Crippen LogP contribution in [0, 0.1) is 0 Å². The normalized spacial score (nSPS) is 12.7. The van der Waals surface area contributed by atoms with E-state index in [-0.39, 0.29) is 17.1 Å². The Morgan fingerprint density at radius 1 is 1.16 bits per heavy atom. The molecule has 10 heteroatoms. The summed E-state index contributed by atoms with van der Waals surface area (Å²) >= 11 is 1.47. The third-order valence-corrected chi connectivity index (χ3v) is 4.17. The van der Waals surface area contributed by atoms with Crippen molar-refractivity contribution < 1.29 is 26.4 Å². The molecule has 3 rings (SSSR count). The lowest BCUT2D eigenvalue weighted by Crippen LogP contribution is -2.33. The molecule has 0 aliphatic rings. The van der Waals surface area contributed by atoms with Crippen molar-refractivity contribution in [2.45, 2.75) is 23.9 Å². The van der Waals surface area contributed by atoms with Gasteiger partial charge in [0, 0.05) is 17.3 Å². The van der Waals surface area contributed by atoms with E-state index in [9.17, 15) is 22.0 Å². The molecule has 0 amide bonds. The average Bonchev–Trinajstić information content (AvgIpc) is 2.97. The lowest BCUT2D eigenvalue weighted by atomic mass is 10.1. The van der Waals surface area contributed by atoms with Crippen LogP contribution in [0.2, 0.25) is 0 Å². The summed E-state index contributed by atoms with van der Waals surface area (Å²) in [5.74, 6) is -4.27. The standard InChI is InChI=1S/C15H10F5N3OS/c1-2-25-10-4-3-5-21-11(10)13-23-9-6-8(7-22-12(9)24-13)14(16,17)15(18,19)20/h3-7H,2H2,1H3. The number of nitrogens with zero attached hydrogens (tertiary/aromatic N) is 3. The van der Waals surface area contributed by atoms with Crippen LogP contribution in [0.25, 0.3) is 22.8 Å². The minimum atomic E-state index is -5.72. The predicted molar refractivity (Wildman–Crippen MR) is 81.4 cm³/mol. The second kappa shape index (κ2) is 6.25. The molecule has 0 unspecified atom stereocenters. The number of pyridine rings is 2. The molecule has 0 saturated carbocycles. The highest BCUT2D eigenvalue weighted by Crippen LogP contribution is 2.44. The van der Waals surface area contributed by atoms with Crippen LogP contribution in [-0.2, 0) is 5.92 Å². The smallest absolute Gasteiger partial charge is 0.416 e. The third-order valence-electron chi connectivity index (χ3n) is 3.24. The van der Waals surface area contributed by atoms with Gasteiger partial charge in [0.15, 0.2) is 0 Å². The van der Waals surface area contributed by atoms with E-state index in [1.165, 1.54) is 18.0 Å². The highest BCUT2D eigenvalue weighted by molar-refractivity contribution is 7.99. The Morgan fingerprint density at radius 3 is 2.60 bits per heavy atom. The zero-order valence-electron chi connectivity index (χ0n) is 12.6. The van der Waals surface area contributed by atoms with Gasteiger partial charge in [0.2, 0.25) is 11.6 Å². The molecule has 3 heterocycles. The van der Waals surface area contributed by atoms with E-state index in [0.29, 0.717) is 18.0 Å². The Bertz CT molecular complexity index is 910. The highest BCUT2D eigenvalue weighted by Gasteiger charge is 2.59. The van der Waals surface area contributed by atoms with Crippen LogP contribution in [-0.4, -0.2) is 26.9 Å². The molecular weight excluding hydrogens is 365 g/mol. The van der Waals surface area contributed by atoms with Crippen LogP contribution >= 0.6 is 11.8 Å². The molecule has 0 spiro atoms. The van der Waals surface area contributed by atoms with Crippen molar-refractivity contribution in [2.24, 2.45) is 0 Å². The van der Waals surface area contributed by atoms with Gasteiger partial charge in [-0.1, -0.05) is 6.92 Å². The number of thioether (sulfide) groups is 1. The zero-order chi connectivity index (χ0) is 18.2. The molecule has 0 saturated heterocycles. The van der Waals surface area contributed by atoms with Crippen molar-refractivity contribution in [2.75, 3.05) is 5.75 Å². The Kier molecular flexibility index (Phi) is 4.40. The average molecular weight is 375 g/mol. The Hall–Kier alpha value is -2.23. The zero-order valence-corrected chi connectivity index (χ0v) is 13.5. The van der Waals surface area contributed by atoms with Gasteiger partial charge in [-0.15, -0.1) is 11.8 Å². The van der Waals surface area contributed by atoms with Gasteiger partial charge >= 0.3 is 12.1 Å². The maximum Gasteiger partial charge on any atom is 0.458 e. The van der Waals surface area contributed by atoms with E-state index in [2.05, 4.69) is 15.0 Å². The fourth-order valence-corrected chi connectivity index (χ4v) is 2.85. The molecule has 0 bridgehead atoms. The van der Waals surface area contributed by atoms with Gasteiger partial charge in [0.1, 0.15) is 11.2 Å². The summed E-state index contributed by atoms with van der Waals surface area (Å²) in [5.41, 5.74) is -1.27. The summed E-state index contributed by atoms with van der Waals surface area (Å²) < 4.78 is 69.7. The molecule has 3 aromatic heterocycles. The molecule has 0 aromatic carbocycles. The van der Waals surface area contributed by atoms with Crippen LogP contribution < -0.4 is 0 Å². The second-order valence-electron chi connectivity index (χ2n) is 4.92. The first kappa shape index (κ1) is 17.6. The molecule has 0 aliphatic heterocycles. The quantitative estimate of drug-likeness (QED) is 0.472. The van der Waals surface area contributed by atoms with Gasteiger partial charge < -0.3 is 4.42 Å². The Labute approximate surface area is 142 Å². The number of hydrogen-bond donors (Lipinski definition) is 0. The fourth-order valence-electron chi connectivity index (χ4n) is 2.08. The molecule has 0 N–H and O–H groups in total. The van der Waals surface area contributed by atoms with Gasteiger partial charge in [-0.25, -0.2) is 15.0 Å². The molecule has 132 valence electrons. The van der Waals surface area contributed by atoms with Gasteiger partial charge in [-0.3, -0.25) is 0 Å². The van der Waals surface area contributed by atoms with E-state index in [1.807, 2.05) is 6.92 Å². The van der Waals surface area contributed by atoms with Crippen molar-refractivity contribution in [3.63, 3.8) is 0 Å². The van der Waals surface area contributed by atoms with Crippen molar-refractivity contribution >= 4 is 23.0 Å². The number of aromatic nitrogens is 3. The lowest BCUT2D eigenvalue weighted by Gasteiger charge is -2.18. The number of halogens is 5. The Balaban J connectivity index is 2.08. The van der Waals surface area contributed by atoms with E-state index in [0.717, 1.165) is 10.6 Å². The molecule has 3 aromatic rings. The summed E-state index contributed by atoms with van der Waals surface area (Å²) in [5, 5.41) is 0. The van der Waals surface area contributed by atoms with Gasteiger partial charge in [-0.05, 0) is 24.0 Å². The molecule has 0 atom stereocenters. The number of rotatable bonds is 4. The second-order valence-corrected chi connectivity index (χ2v) is 6.23. The van der Waals surface area contributed by atoms with Crippen LogP contribution in [0.3, 0.4) is 0 Å². The van der Waals surface area contributed by atoms with Gasteiger partial charge in [0.05, 0.1) is 5.56 Å². The first-order valence-corrected chi connectivity index (χ1v) is 8.02. The van der Waals surface area contributed by atoms with Crippen LogP contribution in [0.4, 0.5) is 22.0 Å². The predicted octanol–water partition coefficient (Wildman–Crippen LogP) is 5.05. The minimum absolute atomic E-state index is 0.00604. The number of oxazole rings is 1. The third kappa shape index (κ3) is 3.17. The highest BCUT2D eigenvalue weighted by atomic mass is 32.2. The van der Waals surface area contributed by atoms with E-state index >= 15 is 0 Å². The molecule has 0 fully saturated rings. The van der Waals surface area contributed by atoms with Gasteiger partial charge in [-0.2, -0.15) is 22.0 Å². The van der Waals surface area contributed by atoms with E-state index in [1.54, 1.807) is 12.1 Å². The van der Waals surface area contributed by atoms with Crippen molar-refractivity contribution in [3.05, 3.63) is 36.2 Å². The summed E-state index contributed by atoms with van der Waals surface area (Å²) in [6.45, 7) is 1.93. The molecule has 0 radical (unpaired) electrons. The number of hydrogen-bond acceptors (Lipinski definition) is 5. The minimum Gasteiger partial charge on any atom is -0.416 e. The molecule has 4 nitrogen and oxygen atoms in total. The topological polar surface area (TPSA) is 51.8 Å². The largest absolute Gasteiger partial charge is 0.458 e. The maximum atomic E-state index is 13.4. The Morgan fingerprint density at radius 2 is 1.92 bits per heavy atom. The first-order chi connectivity index (χ1) is 11.7. The van der Waals surface area contributed by atoms with Crippen LogP contribution in [0.15, 0.2) is 39.9 Å². The summed E-state index contributed by atoms with van der Waals surface area (Å²) in [6.07, 6.45) is -3.79. The number of alkyl halides is 5. The molecule has 0 aliphatic carbocycles. The van der Waals surface area contributed by atoms with Crippen LogP contribution in [0.5, 0.6) is 0 Å². The maximum absolute atomic E-state index is 13.4. The summed E-state index contributed by atoms with van der Waals surface area (Å²) in [4.78, 5) is 12.4. The van der Waals surface area contributed by atoms with Gasteiger partial charge in [0.25, 0.3) is 0 Å². The SMILES string of the molecule is CCSc1cccnc1-c1nc2cc(C(F)(F)C(F)(F)F)cnc2o1. The summed E-state index contributed by atoms with van der Waals surface area (Å²) in [7, 11) is 0. The monoisotopic (exact) mass is 375 g/mol. The van der Waals surface area contributed by atoms with E-state index in [4.69, 9.17) is 4.42 Å².